The number of carbonyl (C=O) groups excluding carboxylic acids is 2. The van der Waals surface area contributed by atoms with E-state index in [9.17, 15) is 9.59 Å². The molecule has 0 aliphatic carbocycles. The predicted molar refractivity (Wildman–Crippen MR) is 119 cm³/mol. The van der Waals surface area contributed by atoms with Crippen LogP contribution in [0.4, 0.5) is 5.69 Å². The topological polar surface area (TPSA) is 115 Å². The number of hydrogen-bond donors (Lipinski definition) is 2. The van der Waals surface area contributed by atoms with E-state index in [0.717, 1.165) is 17.5 Å². The summed E-state index contributed by atoms with van der Waals surface area (Å²) in [5, 5.41) is 17.9. The minimum Gasteiger partial charge on any atom is -0.354 e. The van der Waals surface area contributed by atoms with Gasteiger partial charge in [-0.3, -0.25) is 14.6 Å². The summed E-state index contributed by atoms with van der Waals surface area (Å²) in [7, 11) is 0. The van der Waals surface area contributed by atoms with E-state index >= 15 is 0 Å². The van der Waals surface area contributed by atoms with Crippen LogP contribution in [0.1, 0.15) is 15.9 Å². The Hall–Kier alpha value is -4.40. The first kappa shape index (κ1) is 20.9. The van der Waals surface area contributed by atoms with E-state index in [1.807, 2.05) is 30.3 Å². The number of nitrogens with zero attached hydrogens (tertiary/aromatic N) is 5. The summed E-state index contributed by atoms with van der Waals surface area (Å²) in [5.41, 5.74) is 3.05. The molecule has 2 amide bonds. The smallest absolute Gasteiger partial charge is 0.255 e. The molecule has 4 rings (SSSR count). The van der Waals surface area contributed by atoms with Gasteiger partial charge in [0.15, 0.2) is 0 Å². The Labute approximate surface area is 184 Å². The lowest BCUT2D eigenvalue weighted by Gasteiger charge is -2.05. The van der Waals surface area contributed by atoms with Gasteiger partial charge in [-0.25, -0.2) is 0 Å². The van der Waals surface area contributed by atoms with E-state index in [0.29, 0.717) is 23.6 Å². The van der Waals surface area contributed by atoms with Crippen LogP contribution in [0.15, 0.2) is 79.1 Å². The van der Waals surface area contributed by atoms with Crippen molar-refractivity contribution in [2.45, 2.75) is 13.0 Å². The monoisotopic (exact) mass is 427 g/mol. The molecule has 9 heteroatoms. The molecule has 0 aliphatic heterocycles. The third-order valence-corrected chi connectivity index (χ3v) is 4.66. The number of rotatable bonds is 8. The van der Waals surface area contributed by atoms with Crippen LogP contribution in [0.5, 0.6) is 0 Å². The molecule has 9 nitrogen and oxygen atoms in total. The fourth-order valence-corrected chi connectivity index (χ4v) is 3.01. The summed E-state index contributed by atoms with van der Waals surface area (Å²) in [4.78, 5) is 29.5. The highest BCUT2D eigenvalue weighted by atomic mass is 16.2. The van der Waals surface area contributed by atoms with Crippen LogP contribution in [0.25, 0.3) is 11.4 Å². The number of pyridine rings is 1. The third-order valence-electron chi connectivity index (χ3n) is 4.66. The molecule has 0 spiro atoms. The van der Waals surface area contributed by atoms with Crippen molar-refractivity contribution in [3.8, 4) is 11.4 Å². The molecule has 0 fully saturated rings. The summed E-state index contributed by atoms with van der Waals surface area (Å²) in [6.45, 7) is 0.527. The molecule has 0 radical (unpaired) electrons. The molecule has 2 aromatic carbocycles. The average Bonchev–Trinajstić information content (AvgIpc) is 3.29. The van der Waals surface area contributed by atoms with E-state index in [-0.39, 0.29) is 18.4 Å². The standard InChI is InChI=1S/C23H21N7O2/c31-21(25-15-10-17-4-2-1-3-5-17)16-30-28-22(27-29-30)18-6-8-20(9-7-18)26-23(32)19-11-13-24-14-12-19/h1-9,11-14H,10,15-16H2,(H,25,31)(H,26,32). The van der Waals surface area contributed by atoms with E-state index in [2.05, 4.69) is 31.0 Å². The minimum absolute atomic E-state index is 0.0120. The Morgan fingerprint density at radius 1 is 0.906 bits per heavy atom. The van der Waals surface area contributed by atoms with Crippen molar-refractivity contribution >= 4 is 17.5 Å². The predicted octanol–water partition coefficient (Wildman–Crippen LogP) is 2.35. The first-order valence-corrected chi connectivity index (χ1v) is 10.1. The number of hydrogen-bond acceptors (Lipinski definition) is 6. The Balaban J connectivity index is 1.29. The second-order valence-corrected chi connectivity index (χ2v) is 7.00. The summed E-state index contributed by atoms with van der Waals surface area (Å²) >= 11 is 0. The molecule has 4 aromatic rings. The Morgan fingerprint density at radius 2 is 1.66 bits per heavy atom. The van der Waals surface area contributed by atoms with Gasteiger partial charge in [0.25, 0.3) is 5.91 Å². The number of carbonyl (C=O) groups is 2. The van der Waals surface area contributed by atoms with Gasteiger partial charge in [-0.2, -0.15) is 4.80 Å². The van der Waals surface area contributed by atoms with Crippen LogP contribution >= 0.6 is 0 Å². The van der Waals surface area contributed by atoms with E-state index in [1.54, 1.807) is 48.8 Å². The number of aromatic nitrogens is 5. The van der Waals surface area contributed by atoms with Crippen molar-refractivity contribution in [2.75, 3.05) is 11.9 Å². The van der Waals surface area contributed by atoms with Crippen molar-refractivity contribution in [2.24, 2.45) is 0 Å². The number of amides is 2. The van der Waals surface area contributed by atoms with Gasteiger partial charge >= 0.3 is 0 Å². The number of anilines is 1. The van der Waals surface area contributed by atoms with Gasteiger partial charge in [0, 0.05) is 35.8 Å². The second-order valence-electron chi connectivity index (χ2n) is 7.00. The summed E-state index contributed by atoms with van der Waals surface area (Å²) in [6.07, 6.45) is 3.89. The summed E-state index contributed by atoms with van der Waals surface area (Å²) < 4.78 is 0. The quantitative estimate of drug-likeness (QED) is 0.446. The molecule has 0 saturated carbocycles. The van der Waals surface area contributed by atoms with Crippen LogP contribution in [-0.2, 0) is 17.8 Å². The highest BCUT2D eigenvalue weighted by Crippen LogP contribution is 2.17. The van der Waals surface area contributed by atoms with Crippen LogP contribution in [0, 0.1) is 0 Å². The summed E-state index contributed by atoms with van der Waals surface area (Å²) in [6, 6.07) is 20.3. The zero-order valence-electron chi connectivity index (χ0n) is 17.2. The highest BCUT2D eigenvalue weighted by molar-refractivity contribution is 6.04. The van der Waals surface area contributed by atoms with Gasteiger partial charge in [0.1, 0.15) is 6.54 Å². The van der Waals surface area contributed by atoms with Crippen molar-refractivity contribution in [3.05, 3.63) is 90.3 Å². The normalized spacial score (nSPS) is 10.5. The minimum atomic E-state index is -0.220. The fourth-order valence-electron chi connectivity index (χ4n) is 3.01. The fraction of sp³-hybridized carbons (Fsp3) is 0.130. The zero-order valence-corrected chi connectivity index (χ0v) is 17.2. The second kappa shape index (κ2) is 10.1. The maximum atomic E-state index is 12.2. The first-order valence-electron chi connectivity index (χ1n) is 10.1. The molecular formula is C23H21N7O2. The number of benzene rings is 2. The van der Waals surface area contributed by atoms with Crippen molar-refractivity contribution in [3.63, 3.8) is 0 Å². The van der Waals surface area contributed by atoms with E-state index in [4.69, 9.17) is 0 Å². The molecule has 160 valence electrons. The Bertz CT molecular complexity index is 1180. The van der Waals surface area contributed by atoms with E-state index in [1.165, 1.54) is 4.80 Å². The lowest BCUT2D eigenvalue weighted by Crippen LogP contribution is -2.30. The number of nitrogens with one attached hydrogen (secondary N) is 2. The van der Waals surface area contributed by atoms with Crippen LogP contribution < -0.4 is 10.6 Å². The van der Waals surface area contributed by atoms with Gasteiger partial charge < -0.3 is 10.6 Å². The van der Waals surface area contributed by atoms with Gasteiger partial charge in [-0.1, -0.05) is 30.3 Å². The Morgan fingerprint density at radius 3 is 2.41 bits per heavy atom. The van der Waals surface area contributed by atoms with Gasteiger partial charge in [0.05, 0.1) is 0 Å². The van der Waals surface area contributed by atoms with Crippen molar-refractivity contribution in [1.29, 1.82) is 0 Å². The van der Waals surface area contributed by atoms with Gasteiger partial charge in [0.2, 0.25) is 11.7 Å². The van der Waals surface area contributed by atoms with Crippen LogP contribution in [0.2, 0.25) is 0 Å². The lowest BCUT2D eigenvalue weighted by atomic mass is 10.1. The van der Waals surface area contributed by atoms with Crippen LogP contribution in [-0.4, -0.2) is 43.6 Å². The molecule has 32 heavy (non-hydrogen) atoms. The maximum Gasteiger partial charge on any atom is 0.255 e. The molecule has 0 unspecified atom stereocenters. The molecule has 2 aromatic heterocycles. The third kappa shape index (κ3) is 5.60. The first-order chi connectivity index (χ1) is 15.7. The molecule has 2 N–H and O–H groups in total. The SMILES string of the molecule is O=C(Cn1nnc(-c2ccc(NC(=O)c3ccncc3)cc2)n1)NCCc1ccccc1. The molecular weight excluding hydrogens is 406 g/mol. The molecule has 0 atom stereocenters. The highest BCUT2D eigenvalue weighted by Gasteiger charge is 2.10. The largest absolute Gasteiger partial charge is 0.354 e. The molecule has 0 aliphatic rings. The van der Waals surface area contributed by atoms with Crippen LogP contribution in [0.3, 0.4) is 0 Å². The van der Waals surface area contributed by atoms with Gasteiger partial charge in [-0.05, 0) is 53.6 Å². The Kier molecular flexibility index (Phi) is 6.57. The van der Waals surface area contributed by atoms with Crippen molar-refractivity contribution < 1.29 is 9.59 Å². The zero-order chi connectivity index (χ0) is 22.2. The molecule has 2 heterocycles. The summed E-state index contributed by atoms with van der Waals surface area (Å²) in [5.74, 6) is -0.00403. The van der Waals surface area contributed by atoms with Gasteiger partial charge in [-0.15, -0.1) is 10.2 Å². The van der Waals surface area contributed by atoms with Crippen molar-refractivity contribution in [1.82, 2.24) is 30.5 Å². The van der Waals surface area contributed by atoms with E-state index < -0.39 is 0 Å². The number of tetrazole rings is 1. The average molecular weight is 427 g/mol. The lowest BCUT2D eigenvalue weighted by molar-refractivity contribution is -0.122. The molecule has 0 bridgehead atoms. The maximum absolute atomic E-state index is 12.2. The molecule has 0 saturated heterocycles.